The van der Waals surface area contributed by atoms with Gasteiger partial charge in [0.15, 0.2) is 0 Å². The van der Waals surface area contributed by atoms with Gasteiger partial charge in [-0.1, -0.05) is 18.7 Å². The number of anilines is 1. The van der Waals surface area contributed by atoms with Gasteiger partial charge in [-0.15, -0.1) is 0 Å². The number of carbonyl (C=O) groups excluding carboxylic acids is 2. The van der Waals surface area contributed by atoms with Gasteiger partial charge >= 0.3 is 0 Å². The fourth-order valence-corrected chi connectivity index (χ4v) is 2.13. The van der Waals surface area contributed by atoms with Crippen LogP contribution in [0.3, 0.4) is 0 Å². The molecule has 1 saturated heterocycles. The Balaban J connectivity index is 1.99. The highest BCUT2D eigenvalue weighted by Gasteiger charge is 2.19. The summed E-state index contributed by atoms with van der Waals surface area (Å²) in [6.45, 7) is 4.67. The first-order valence-corrected chi connectivity index (χ1v) is 6.50. The molecule has 0 bridgehead atoms. The largest absolute Gasteiger partial charge is 0.348 e. The van der Waals surface area contributed by atoms with Crippen LogP contribution in [0.1, 0.15) is 24.8 Å². The van der Waals surface area contributed by atoms with Gasteiger partial charge in [0.05, 0.1) is 0 Å². The zero-order chi connectivity index (χ0) is 13.7. The molecule has 4 heteroatoms. The number of rotatable bonds is 4. The molecule has 0 aromatic heterocycles. The summed E-state index contributed by atoms with van der Waals surface area (Å²) in [5, 5.41) is 2.72. The van der Waals surface area contributed by atoms with Gasteiger partial charge in [0.2, 0.25) is 11.8 Å². The van der Waals surface area contributed by atoms with Crippen molar-refractivity contribution in [2.24, 2.45) is 0 Å². The van der Waals surface area contributed by atoms with Gasteiger partial charge in [-0.2, -0.15) is 0 Å². The van der Waals surface area contributed by atoms with E-state index in [-0.39, 0.29) is 11.8 Å². The van der Waals surface area contributed by atoms with Gasteiger partial charge in [-0.25, -0.2) is 0 Å². The smallest absolute Gasteiger partial charge is 0.243 e. The van der Waals surface area contributed by atoms with Crippen molar-refractivity contribution in [3.63, 3.8) is 0 Å². The van der Waals surface area contributed by atoms with E-state index in [0.29, 0.717) is 13.0 Å². The minimum atomic E-state index is -0.185. The summed E-state index contributed by atoms with van der Waals surface area (Å²) in [4.78, 5) is 24.7. The predicted molar refractivity (Wildman–Crippen MR) is 74.7 cm³/mol. The zero-order valence-corrected chi connectivity index (χ0v) is 10.9. The maximum Gasteiger partial charge on any atom is 0.243 e. The van der Waals surface area contributed by atoms with Crippen molar-refractivity contribution in [1.29, 1.82) is 0 Å². The predicted octanol–water partition coefficient (Wildman–Crippen LogP) is 2.01. The van der Waals surface area contributed by atoms with E-state index in [1.165, 1.54) is 6.08 Å². The second-order valence-electron chi connectivity index (χ2n) is 4.59. The number of hydrogen-bond donors (Lipinski definition) is 1. The molecule has 1 N–H and O–H groups in total. The molecular weight excluding hydrogens is 240 g/mol. The topological polar surface area (TPSA) is 49.4 Å². The zero-order valence-electron chi connectivity index (χ0n) is 10.9. The highest BCUT2D eigenvalue weighted by atomic mass is 16.2. The van der Waals surface area contributed by atoms with E-state index in [9.17, 15) is 9.59 Å². The van der Waals surface area contributed by atoms with Crippen molar-refractivity contribution in [3.8, 4) is 0 Å². The lowest BCUT2D eigenvalue weighted by Crippen LogP contribution is -2.35. The lowest BCUT2D eigenvalue weighted by Gasteiger charge is -2.26. The number of carbonyl (C=O) groups is 2. The van der Waals surface area contributed by atoms with Crippen LogP contribution in [-0.2, 0) is 16.1 Å². The number of hydrogen-bond acceptors (Lipinski definition) is 2. The Kier molecular flexibility index (Phi) is 4.34. The molecule has 100 valence electrons. The van der Waals surface area contributed by atoms with Gasteiger partial charge in [-0.05, 0) is 36.6 Å². The second-order valence-corrected chi connectivity index (χ2v) is 4.59. The van der Waals surface area contributed by atoms with Gasteiger partial charge in [-0.3, -0.25) is 9.59 Å². The average molecular weight is 258 g/mol. The summed E-state index contributed by atoms with van der Waals surface area (Å²) in [5.74, 6) is 0.00856. The Hall–Kier alpha value is -2.10. The molecule has 1 fully saturated rings. The second kappa shape index (κ2) is 6.18. The van der Waals surface area contributed by atoms with Crippen LogP contribution >= 0.6 is 0 Å². The van der Waals surface area contributed by atoms with E-state index >= 15 is 0 Å². The molecule has 2 rings (SSSR count). The van der Waals surface area contributed by atoms with E-state index in [4.69, 9.17) is 0 Å². The number of piperidine rings is 1. The molecule has 0 unspecified atom stereocenters. The summed E-state index contributed by atoms with van der Waals surface area (Å²) in [5.41, 5.74) is 1.94. The third kappa shape index (κ3) is 3.44. The summed E-state index contributed by atoms with van der Waals surface area (Å²) < 4.78 is 0. The molecule has 0 aliphatic carbocycles. The maximum atomic E-state index is 11.8. The summed E-state index contributed by atoms with van der Waals surface area (Å²) in [7, 11) is 0. The maximum absolute atomic E-state index is 11.8. The summed E-state index contributed by atoms with van der Waals surface area (Å²) >= 11 is 0. The molecule has 19 heavy (non-hydrogen) atoms. The molecule has 0 radical (unpaired) electrons. The minimum Gasteiger partial charge on any atom is -0.348 e. The van der Waals surface area contributed by atoms with Crippen LogP contribution in [0.25, 0.3) is 0 Å². The first kappa shape index (κ1) is 13.3. The molecule has 0 atom stereocenters. The molecule has 1 aliphatic rings. The third-order valence-electron chi connectivity index (χ3n) is 3.22. The van der Waals surface area contributed by atoms with Crippen LogP contribution < -0.4 is 10.2 Å². The minimum absolute atomic E-state index is 0.185. The monoisotopic (exact) mass is 258 g/mol. The van der Waals surface area contributed by atoms with Crippen molar-refractivity contribution in [1.82, 2.24) is 5.32 Å². The van der Waals surface area contributed by atoms with Crippen LogP contribution in [0.2, 0.25) is 0 Å². The first-order valence-electron chi connectivity index (χ1n) is 6.50. The standard InChI is InChI=1S/C15H18N2O2/c1-2-14(18)16-11-12-6-8-13(9-7-12)17-10-4-3-5-15(17)19/h2,6-9H,1,3-5,10-11H2,(H,16,18). The lowest BCUT2D eigenvalue weighted by molar-refractivity contribution is -0.119. The first-order chi connectivity index (χ1) is 9.20. The normalized spacial score (nSPS) is 15.2. The fourth-order valence-electron chi connectivity index (χ4n) is 2.13. The Morgan fingerprint density at radius 1 is 1.32 bits per heavy atom. The molecule has 4 nitrogen and oxygen atoms in total. The quantitative estimate of drug-likeness (QED) is 0.840. The SMILES string of the molecule is C=CC(=O)NCc1ccc(N2CCCCC2=O)cc1. The van der Waals surface area contributed by atoms with Gasteiger partial charge < -0.3 is 10.2 Å². The molecule has 0 spiro atoms. The molecule has 0 saturated carbocycles. The highest BCUT2D eigenvalue weighted by Crippen LogP contribution is 2.21. The van der Waals surface area contributed by atoms with Crippen LogP contribution in [-0.4, -0.2) is 18.4 Å². The Morgan fingerprint density at radius 3 is 2.68 bits per heavy atom. The Morgan fingerprint density at radius 2 is 2.05 bits per heavy atom. The van der Waals surface area contributed by atoms with E-state index < -0.39 is 0 Å². The van der Waals surface area contributed by atoms with Gasteiger partial charge in [0.25, 0.3) is 0 Å². The molecule has 1 aromatic carbocycles. The van der Waals surface area contributed by atoms with Crippen molar-refractivity contribution in [2.75, 3.05) is 11.4 Å². The van der Waals surface area contributed by atoms with E-state index in [1.54, 1.807) is 0 Å². The summed E-state index contributed by atoms with van der Waals surface area (Å²) in [6, 6.07) is 7.72. The molecule has 1 heterocycles. The van der Waals surface area contributed by atoms with Crippen LogP contribution in [0.15, 0.2) is 36.9 Å². The van der Waals surface area contributed by atoms with E-state index in [1.807, 2.05) is 29.2 Å². The van der Waals surface area contributed by atoms with Crippen molar-refractivity contribution >= 4 is 17.5 Å². The molecule has 2 amide bonds. The number of nitrogens with one attached hydrogen (secondary N) is 1. The summed E-state index contributed by atoms with van der Waals surface area (Å²) in [6.07, 6.45) is 3.93. The number of amides is 2. The number of nitrogens with zero attached hydrogens (tertiary/aromatic N) is 1. The molecular formula is C15H18N2O2. The highest BCUT2D eigenvalue weighted by molar-refractivity contribution is 5.94. The van der Waals surface area contributed by atoms with Crippen LogP contribution in [0.5, 0.6) is 0 Å². The van der Waals surface area contributed by atoms with Gasteiger partial charge in [0.1, 0.15) is 0 Å². The average Bonchev–Trinajstić information content (AvgIpc) is 2.46. The van der Waals surface area contributed by atoms with Crippen molar-refractivity contribution in [3.05, 3.63) is 42.5 Å². The van der Waals surface area contributed by atoms with Crippen LogP contribution in [0.4, 0.5) is 5.69 Å². The molecule has 1 aromatic rings. The van der Waals surface area contributed by atoms with Gasteiger partial charge in [0, 0.05) is 25.2 Å². The number of benzene rings is 1. The lowest BCUT2D eigenvalue weighted by atomic mass is 10.1. The molecule has 1 aliphatic heterocycles. The fraction of sp³-hybridized carbons (Fsp3) is 0.333. The van der Waals surface area contributed by atoms with E-state index in [0.717, 1.165) is 30.6 Å². The van der Waals surface area contributed by atoms with Crippen molar-refractivity contribution in [2.45, 2.75) is 25.8 Å². The van der Waals surface area contributed by atoms with Crippen LogP contribution in [0, 0.1) is 0 Å². The third-order valence-corrected chi connectivity index (χ3v) is 3.22. The Labute approximate surface area is 113 Å². The van der Waals surface area contributed by atoms with E-state index in [2.05, 4.69) is 11.9 Å². The Bertz CT molecular complexity index is 479. The van der Waals surface area contributed by atoms with Crippen molar-refractivity contribution < 1.29 is 9.59 Å².